The maximum absolute atomic E-state index is 10.5. The SMILES string of the molecule is CC(=O)/C(C)=C/CCO. The van der Waals surface area contributed by atoms with Crippen LogP contribution in [0.1, 0.15) is 20.3 Å². The second-order valence-electron chi connectivity index (χ2n) is 1.96. The summed E-state index contributed by atoms with van der Waals surface area (Å²) in [7, 11) is 0. The maximum Gasteiger partial charge on any atom is 0.155 e. The Bertz CT molecular complexity index is 125. The zero-order valence-electron chi connectivity index (χ0n) is 5.85. The van der Waals surface area contributed by atoms with Crippen molar-refractivity contribution in [3.8, 4) is 0 Å². The van der Waals surface area contributed by atoms with Crippen molar-refractivity contribution in [2.45, 2.75) is 20.3 Å². The molecule has 9 heavy (non-hydrogen) atoms. The summed E-state index contributed by atoms with van der Waals surface area (Å²) >= 11 is 0. The normalized spacial score (nSPS) is 11.7. The van der Waals surface area contributed by atoms with Crippen molar-refractivity contribution in [1.82, 2.24) is 0 Å². The Morgan fingerprint density at radius 2 is 2.11 bits per heavy atom. The molecule has 0 fully saturated rings. The first-order valence-electron chi connectivity index (χ1n) is 2.97. The number of rotatable bonds is 3. The first-order valence-corrected chi connectivity index (χ1v) is 2.97. The van der Waals surface area contributed by atoms with Crippen LogP contribution in [-0.2, 0) is 4.79 Å². The topological polar surface area (TPSA) is 37.3 Å². The summed E-state index contributed by atoms with van der Waals surface area (Å²) < 4.78 is 0. The molecule has 0 aliphatic rings. The number of carbonyl (C=O) groups excluding carboxylic acids is 1. The van der Waals surface area contributed by atoms with E-state index in [1.54, 1.807) is 13.0 Å². The van der Waals surface area contributed by atoms with Gasteiger partial charge < -0.3 is 5.11 Å². The van der Waals surface area contributed by atoms with E-state index in [1.807, 2.05) is 0 Å². The summed E-state index contributed by atoms with van der Waals surface area (Å²) in [6.45, 7) is 3.38. The summed E-state index contributed by atoms with van der Waals surface area (Å²) in [6.07, 6.45) is 2.31. The van der Waals surface area contributed by atoms with Gasteiger partial charge in [-0.2, -0.15) is 0 Å². The summed E-state index contributed by atoms with van der Waals surface area (Å²) in [6, 6.07) is 0. The Hall–Kier alpha value is -0.630. The highest BCUT2D eigenvalue weighted by atomic mass is 16.2. The average Bonchev–Trinajstić information content (AvgIpc) is 1.82. The van der Waals surface area contributed by atoms with E-state index >= 15 is 0 Å². The van der Waals surface area contributed by atoms with Gasteiger partial charge in [-0.3, -0.25) is 4.79 Å². The van der Waals surface area contributed by atoms with Crippen molar-refractivity contribution >= 4 is 5.78 Å². The van der Waals surface area contributed by atoms with Gasteiger partial charge in [-0.1, -0.05) is 6.08 Å². The van der Waals surface area contributed by atoms with E-state index in [0.29, 0.717) is 6.42 Å². The quantitative estimate of drug-likeness (QED) is 0.573. The Morgan fingerprint density at radius 3 is 2.44 bits per heavy atom. The summed E-state index contributed by atoms with van der Waals surface area (Å²) in [4.78, 5) is 10.5. The second-order valence-corrected chi connectivity index (χ2v) is 1.96. The number of aliphatic hydroxyl groups is 1. The van der Waals surface area contributed by atoms with E-state index in [4.69, 9.17) is 5.11 Å². The fourth-order valence-electron chi connectivity index (χ4n) is 0.425. The van der Waals surface area contributed by atoms with Crippen LogP contribution in [0.4, 0.5) is 0 Å². The van der Waals surface area contributed by atoms with Gasteiger partial charge in [0, 0.05) is 6.61 Å². The first kappa shape index (κ1) is 8.37. The molecule has 0 atom stereocenters. The minimum atomic E-state index is 0.0726. The third-order valence-electron chi connectivity index (χ3n) is 1.13. The summed E-state index contributed by atoms with van der Waals surface area (Å²) in [5.41, 5.74) is 0.726. The number of ketones is 1. The highest BCUT2D eigenvalue weighted by Crippen LogP contribution is 1.94. The molecule has 1 N–H and O–H groups in total. The largest absolute Gasteiger partial charge is 0.396 e. The van der Waals surface area contributed by atoms with Crippen LogP contribution in [0.25, 0.3) is 0 Å². The lowest BCUT2D eigenvalue weighted by Gasteiger charge is -1.90. The van der Waals surface area contributed by atoms with Crippen LogP contribution in [0.15, 0.2) is 11.6 Å². The zero-order chi connectivity index (χ0) is 7.28. The Labute approximate surface area is 55.2 Å². The lowest BCUT2D eigenvalue weighted by atomic mass is 10.2. The number of Topliss-reactive ketones (excluding diaryl/α,β-unsaturated/α-hetero) is 1. The molecule has 0 amide bonds. The monoisotopic (exact) mass is 128 g/mol. The van der Waals surface area contributed by atoms with Gasteiger partial charge in [0.2, 0.25) is 0 Å². The maximum atomic E-state index is 10.5. The minimum absolute atomic E-state index is 0.0726. The molecular formula is C7H12O2. The van der Waals surface area contributed by atoms with Gasteiger partial charge in [0.1, 0.15) is 0 Å². The standard InChI is InChI=1S/C7H12O2/c1-6(7(2)9)4-3-5-8/h4,8H,3,5H2,1-2H3/b6-4+. The molecule has 52 valence electrons. The molecule has 0 aliphatic carbocycles. The molecule has 0 rings (SSSR count). The van der Waals surface area contributed by atoms with E-state index in [1.165, 1.54) is 6.92 Å². The van der Waals surface area contributed by atoms with Crippen molar-refractivity contribution in [3.63, 3.8) is 0 Å². The lowest BCUT2D eigenvalue weighted by Crippen LogP contribution is -1.91. The molecule has 0 aliphatic heterocycles. The molecule has 0 radical (unpaired) electrons. The molecule has 0 aromatic carbocycles. The van der Waals surface area contributed by atoms with Crippen molar-refractivity contribution in [2.24, 2.45) is 0 Å². The predicted molar refractivity (Wildman–Crippen MR) is 36.1 cm³/mol. The Balaban J connectivity index is 3.69. The number of carbonyl (C=O) groups is 1. The summed E-state index contributed by atoms with van der Waals surface area (Å²) in [5, 5.41) is 8.34. The molecule has 0 unspecified atom stereocenters. The van der Waals surface area contributed by atoms with Crippen LogP contribution in [0.2, 0.25) is 0 Å². The highest BCUT2D eigenvalue weighted by molar-refractivity contribution is 5.92. The molecule has 0 heterocycles. The van der Waals surface area contributed by atoms with E-state index < -0.39 is 0 Å². The van der Waals surface area contributed by atoms with Crippen LogP contribution in [0, 0.1) is 0 Å². The van der Waals surface area contributed by atoms with Crippen LogP contribution in [0.3, 0.4) is 0 Å². The molecular weight excluding hydrogens is 116 g/mol. The van der Waals surface area contributed by atoms with Crippen molar-refractivity contribution < 1.29 is 9.90 Å². The third-order valence-corrected chi connectivity index (χ3v) is 1.13. The Kier molecular flexibility index (Phi) is 3.97. The fraction of sp³-hybridized carbons (Fsp3) is 0.571. The summed E-state index contributed by atoms with van der Waals surface area (Å²) in [5.74, 6) is 0.0726. The van der Waals surface area contributed by atoms with Crippen molar-refractivity contribution in [1.29, 1.82) is 0 Å². The lowest BCUT2D eigenvalue weighted by molar-refractivity contribution is -0.113. The molecule has 0 saturated carbocycles. The number of aliphatic hydroxyl groups excluding tert-OH is 1. The van der Waals surface area contributed by atoms with Gasteiger partial charge in [-0.05, 0) is 25.8 Å². The van der Waals surface area contributed by atoms with Gasteiger partial charge >= 0.3 is 0 Å². The number of hydrogen-bond donors (Lipinski definition) is 1. The number of allylic oxidation sites excluding steroid dienone is 1. The van der Waals surface area contributed by atoms with Crippen LogP contribution in [-0.4, -0.2) is 17.5 Å². The van der Waals surface area contributed by atoms with E-state index in [0.717, 1.165) is 5.57 Å². The minimum Gasteiger partial charge on any atom is -0.396 e. The number of hydrogen-bond acceptors (Lipinski definition) is 2. The molecule has 2 nitrogen and oxygen atoms in total. The van der Waals surface area contributed by atoms with Gasteiger partial charge in [0.05, 0.1) is 0 Å². The predicted octanol–water partition coefficient (Wildman–Crippen LogP) is 0.904. The molecule has 0 bridgehead atoms. The molecule has 0 spiro atoms. The van der Waals surface area contributed by atoms with Crippen molar-refractivity contribution in [3.05, 3.63) is 11.6 Å². The highest BCUT2D eigenvalue weighted by Gasteiger charge is 1.92. The Morgan fingerprint density at radius 1 is 1.56 bits per heavy atom. The molecule has 0 aromatic heterocycles. The zero-order valence-corrected chi connectivity index (χ0v) is 5.85. The van der Waals surface area contributed by atoms with E-state index in [-0.39, 0.29) is 12.4 Å². The van der Waals surface area contributed by atoms with Crippen LogP contribution in [0.5, 0.6) is 0 Å². The third kappa shape index (κ3) is 3.91. The average molecular weight is 128 g/mol. The van der Waals surface area contributed by atoms with E-state index in [9.17, 15) is 4.79 Å². The van der Waals surface area contributed by atoms with Crippen molar-refractivity contribution in [2.75, 3.05) is 6.61 Å². The molecule has 2 heteroatoms. The molecule has 0 saturated heterocycles. The van der Waals surface area contributed by atoms with Gasteiger partial charge in [-0.25, -0.2) is 0 Å². The second kappa shape index (κ2) is 4.27. The van der Waals surface area contributed by atoms with E-state index in [2.05, 4.69) is 0 Å². The first-order chi connectivity index (χ1) is 4.18. The fourth-order valence-corrected chi connectivity index (χ4v) is 0.425. The molecule has 0 aromatic rings. The van der Waals surface area contributed by atoms with Crippen LogP contribution < -0.4 is 0 Å². The van der Waals surface area contributed by atoms with Crippen LogP contribution >= 0.6 is 0 Å². The van der Waals surface area contributed by atoms with Gasteiger partial charge in [0.25, 0.3) is 0 Å². The van der Waals surface area contributed by atoms with Gasteiger partial charge in [0.15, 0.2) is 5.78 Å². The smallest absolute Gasteiger partial charge is 0.155 e. The van der Waals surface area contributed by atoms with Gasteiger partial charge in [-0.15, -0.1) is 0 Å².